The van der Waals surface area contributed by atoms with E-state index in [0.29, 0.717) is 16.4 Å². The zero-order valence-corrected chi connectivity index (χ0v) is 14.2. The minimum absolute atomic E-state index is 0.0767. The molecule has 1 amide bonds. The number of benzene rings is 1. The maximum Gasteiger partial charge on any atom is 0.337 e. The van der Waals surface area contributed by atoms with Crippen molar-refractivity contribution in [2.45, 2.75) is 0 Å². The number of carbonyl (C=O) groups is 2. The van der Waals surface area contributed by atoms with Crippen LogP contribution in [-0.4, -0.2) is 53.7 Å². The Morgan fingerprint density at radius 1 is 1.40 bits per heavy atom. The lowest BCUT2D eigenvalue weighted by molar-refractivity contribution is -0.136. The summed E-state index contributed by atoms with van der Waals surface area (Å²) in [5.41, 5.74) is 1.46. The molecule has 2 N–H and O–H groups in total. The molecular formula is C17H16ClN3O4. The number of hydrogen-bond acceptors (Lipinski definition) is 6. The Morgan fingerprint density at radius 3 is 2.92 bits per heavy atom. The van der Waals surface area contributed by atoms with E-state index in [1.165, 1.54) is 12.0 Å². The lowest BCUT2D eigenvalue weighted by atomic mass is 10.1. The number of carbonyl (C=O) groups excluding carboxylic acids is 2. The van der Waals surface area contributed by atoms with Crippen LogP contribution >= 0.6 is 11.6 Å². The van der Waals surface area contributed by atoms with Crippen molar-refractivity contribution < 1.29 is 19.4 Å². The van der Waals surface area contributed by atoms with Gasteiger partial charge in [-0.25, -0.2) is 9.78 Å². The number of fused-ring (bicyclic) bond motifs is 1. The number of ether oxygens (including phenoxy) is 1. The molecule has 7 nitrogen and oxygen atoms in total. The lowest BCUT2D eigenvalue weighted by Crippen LogP contribution is -2.31. The number of halogens is 1. The maximum atomic E-state index is 12.6. The molecule has 0 aliphatic carbocycles. The van der Waals surface area contributed by atoms with Gasteiger partial charge < -0.3 is 20.1 Å². The van der Waals surface area contributed by atoms with Gasteiger partial charge in [0.25, 0.3) is 5.91 Å². The molecule has 2 heterocycles. The Morgan fingerprint density at radius 2 is 2.20 bits per heavy atom. The van der Waals surface area contributed by atoms with E-state index in [1.54, 1.807) is 12.1 Å². The monoisotopic (exact) mass is 361 g/mol. The van der Waals surface area contributed by atoms with E-state index in [1.807, 2.05) is 18.2 Å². The van der Waals surface area contributed by atoms with Crippen molar-refractivity contribution in [1.82, 2.24) is 9.88 Å². The predicted octanol–water partition coefficient (Wildman–Crippen LogP) is 1.56. The molecule has 3 rings (SSSR count). The first-order valence-corrected chi connectivity index (χ1v) is 7.97. The Kier molecular flexibility index (Phi) is 4.87. The van der Waals surface area contributed by atoms with Crippen molar-refractivity contribution in [3.05, 3.63) is 46.8 Å². The second kappa shape index (κ2) is 7.08. The van der Waals surface area contributed by atoms with E-state index in [4.69, 9.17) is 21.4 Å². The third-order valence-electron chi connectivity index (χ3n) is 3.90. The van der Waals surface area contributed by atoms with Crippen molar-refractivity contribution in [3.63, 3.8) is 0 Å². The second-order valence-corrected chi connectivity index (χ2v) is 5.82. The van der Waals surface area contributed by atoms with Gasteiger partial charge in [-0.1, -0.05) is 23.7 Å². The highest BCUT2D eigenvalue weighted by Gasteiger charge is 2.34. The summed E-state index contributed by atoms with van der Waals surface area (Å²) in [5.74, 6) is -0.976. The number of nitrogens with zero attached hydrogens (tertiary/aromatic N) is 2. The molecule has 0 bridgehead atoms. The molecule has 25 heavy (non-hydrogen) atoms. The number of pyridine rings is 1. The fourth-order valence-electron chi connectivity index (χ4n) is 2.71. The largest absolute Gasteiger partial charge is 0.466 e. The molecule has 0 atom stereocenters. The average Bonchev–Trinajstić information content (AvgIpc) is 2.91. The molecule has 1 aromatic heterocycles. The first kappa shape index (κ1) is 17.2. The molecule has 1 aliphatic heterocycles. The van der Waals surface area contributed by atoms with Crippen molar-refractivity contribution in [2.24, 2.45) is 0 Å². The zero-order chi connectivity index (χ0) is 18.0. The van der Waals surface area contributed by atoms with E-state index in [0.717, 1.165) is 5.39 Å². The van der Waals surface area contributed by atoms with Crippen LogP contribution < -0.4 is 5.32 Å². The number of esters is 1. The summed E-state index contributed by atoms with van der Waals surface area (Å²) < 4.78 is 4.77. The van der Waals surface area contributed by atoms with E-state index in [2.05, 4.69) is 10.3 Å². The molecule has 0 unspecified atom stereocenters. The first-order valence-electron chi connectivity index (χ1n) is 7.59. The van der Waals surface area contributed by atoms with Crippen molar-refractivity contribution in [3.8, 4) is 0 Å². The van der Waals surface area contributed by atoms with Gasteiger partial charge in [-0.05, 0) is 18.2 Å². The maximum absolute atomic E-state index is 12.6. The predicted molar refractivity (Wildman–Crippen MR) is 93.1 cm³/mol. The molecule has 0 saturated heterocycles. The van der Waals surface area contributed by atoms with Gasteiger partial charge >= 0.3 is 5.97 Å². The number of rotatable bonds is 5. The Hall–Kier alpha value is -2.64. The first-order chi connectivity index (χ1) is 12.0. The smallest absolute Gasteiger partial charge is 0.337 e. The number of anilines is 1. The molecule has 1 aromatic carbocycles. The van der Waals surface area contributed by atoms with Crippen molar-refractivity contribution in [2.75, 3.05) is 32.1 Å². The summed E-state index contributed by atoms with van der Waals surface area (Å²) in [4.78, 5) is 30.3. The summed E-state index contributed by atoms with van der Waals surface area (Å²) in [6.45, 7) is 0.0103. The van der Waals surface area contributed by atoms with Gasteiger partial charge in [0.1, 0.15) is 10.9 Å². The van der Waals surface area contributed by atoms with Gasteiger partial charge in [-0.2, -0.15) is 0 Å². The summed E-state index contributed by atoms with van der Waals surface area (Å²) >= 11 is 5.97. The van der Waals surface area contributed by atoms with Gasteiger partial charge in [0.05, 0.1) is 37.0 Å². The number of aromatic nitrogens is 1. The number of amides is 1. The molecule has 0 spiro atoms. The van der Waals surface area contributed by atoms with Crippen LogP contribution in [0.25, 0.3) is 10.9 Å². The second-order valence-electron chi connectivity index (χ2n) is 5.43. The molecular weight excluding hydrogens is 346 g/mol. The number of nitrogens with one attached hydrogen (secondary N) is 1. The summed E-state index contributed by atoms with van der Waals surface area (Å²) in [7, 11) is 1.26. The molecule has 0 fully saturated rings. The van der Waals surface area contributed by atoms with Crippen LogP contribution in [0.5, 0.6) is 0 Å². The molecule has 130 valence electrons. The number of aliphatic hydroxyl groups is 1. The SMILES string of the molecule is COC(=O)C1=C(Nc2cccc3ccc(Cl)nc23)C(=O)N(CCO)C1. The average molecular weight is 362 g/mol. The highest BCUT2D eigenvalue weighted by Crippen LogP contribution is 2.28. The number of aliphatic hydroxyl groups excluding tert-OH is 1. The van der Waals surface area contributed by atoms with Crippen LogP contribution in [0.3, 0.4) is 0 Å². The molecule has 1 aliphatic rings. The van der Waals surface area contributed by atoms with Crippen LogP contribution in [-0.2, 0) is 14.3 Å². The fraction of sp³-hybridized carbons (Fsp3) is 0.235. The quantitative estimate of drug-likeness (QED) is 0.620. The van der Waals surface area contributed by atoms with Gasteiger partial charge in [0, 0.05) is 11.9 Å². The number of hydrogen-bond donors (Lipinski definition) is 2. The van der Waals surface area contributed by atoms with Crippen LogP contribution in [0.4, 0.5) is 5.69 Å². The van der Waals surface area contributed by atoms with Crippen LogP contribution in [0.2, 0.25) is 5.15 Å². The highest BCUT2D eigenvalue weighted by molar-refractivity contribution is 6.29. The Bertz CT molecular complexity index is 881. The van der Waals surface area contributed by atoms with Crippen LogP contribution in [0, 0.1) is 0 Å². The third-order valence-corrected chi connectivity index (χ3v) is 4.11. The molecule has 0 saturated carbocycles. The highest BCUT2D eigenvalue weighted by atomic mass is 35.5. The van der Waals surface area contributed by atoms with Crippen LogP contribution in [0.15, 0.2) is 41.6 Å². The minimum Gasteiger partial charge on any atom is -0.466 e. The Balaban J connectivity index is 2.03. The lowest BCUT2D eigenvalue weighted by Gasteiger charge is -2.15. The van der Waals surface area contributed by atoms with E-state index < -0.39 is 5.97 Å². The minimum atomic E-state index is -0.595. The van der Waals surface area contributed by atoms with E-state index in [-0.39, 0.29) is 36.9 Å². The molecule has 8 heteroatoms. The summed E-state index contributed by atoms with van der Waals surface area (Å²) in [6.07, 6.45) is 0. The standard InChI is InChI=1S/C17H16ClN3O4/c1-25-17(24)11-9-21(7-8-22)16(23)15(11)19-12-4-2-3-10-5-6-13(18)20-14(10)12/h2-6,19,22H,7-9H2,1H3. The summed E-state index contributed by atoms with van der Waals surface area (Å²) in [5, 5.41) is 13.3. The zero-order valence-electron chi connectivity index (χ0n) is 13.5. The normalized spacial score (nSPS) is 14.4. The van der Waals surface area contributed by atoms with E-state index >= 15 is 0 Å². The number of para-hydroxylation sites is 1. The third kappa shape index (κ3) is 3.29. The van der Waals surface area contributed by atoms with Gasteiger partial charge in [0.15, 0.2) is 0 Å². The van der Waals surface area contributed by atoms with Gasteiger partial charge in [-0.3, -0.25) is 4.79 Å². The van der Waals surface area contributed by atoms with Gasteiger partial charge in [-0.15, -0.1) is 0 Å². The fourth-order valence-corrected chi connectivity index (χ4v) is 2.86. The Labute approximate surface area is 148 Å². The van der Waals surface area contributed by atoms with E-state index in [9.17, 15) is 9.59 Å². The van der Waals surface area contributed by atoms with Crippen molar-refractivity contribution in [1.29, 1.82) is 0 Å². The number of methoxy groups -OCH3 is 1. The van der Waals surface area contributed by atoms with Crippen molar-refractivity contribution >= 4 is 40.1 Å². The number of β-amino-alcohol motifs (C(OH)–C–C–N with tert-alkyl or cyclic N) is 1. The summed E-state index contributed by atoms with van der Waals surface area (Å²) in [6, 6.07) is 8.92. The van der Waals surface area contributed by atoms with Crippen LogP contribution in [0.1, 0.15) is 0 Å². The molecule has 2 aromatic rings. The van der Waals surface area contributed by atoms with Gasteiger partial charge in [0.2, 0.25) is 0 Å². The molecule has 0 radical (unpaired) electrons. The topological polar surface area (TPSA) is 91.8 Å².